The van der Waals surface area contributed by atoms with E-state index in [-0.39, 0.29) is 11.8 Å². The van der Waals surface area contributed by atoms with Crippen molar-refractivity contribution in [2.75, 3.05) is 5.32 Å². The van der Waals surface area contributed by atoms with E-state index < -0.39 is 6.03 Å². The zero-order chi connectivity index (χ0) is 12.8. The van der Waals surface area contributed by atoms with Crippen LogP contribution in [-0.4, -0.2) is 17.9 Å². The number of hydrogen-bond acceptors (Lipinski definition) is 2. The Labute approximate surface area is 100 Å². The standard InChI is InChI=1S/C13H14N2O2/c1-4-9(2)14-13(17)15-12-7-5-6-11(8-12)10(3)16/h1,5-9H,2-3H3,(H2,14,15,17). The first-order valence-electron chi connectivity index (χ1n) is 5.17. The predicted octanol–water partition coefficient (Wildman–Crippen LogP) is 2.03. The van der Waals surface area contributed by atoms with Gasteiger partial charge in [-0.1, -0.05) is 18.1 Å². The smallest absolute Gasteiger partial charge is 0.320 e. The van der Waals surface area contributed by atoms with Crippen LogP contribution in [0.3, 0.4) is 0 Å². The van der Waals surface area contributed by atoms with Gasteiger partial charge < -0.3 is 10.6 Å². The lowest BCUT2D eigenvalue weighted by atomic mass is 10.1. The summed E-state index contributed by atoms with van der Waals surface area (Å²) in [5, 5.41) is 5.16. The molecule has 1 unspecified atom stereocenters. The molecule has 0 aliphatic rings. The van der Waals surface area contributed by atoms with Crippen molar-refractivity contribution in [3.63, 3.8) is 0 Å². The number of terminal acetylenes is 1. The highest BCUT2D eigenvalue weighted by atomic mass is 16.2. The van der Waals surface area contributed by atoms with Crippen molar-refractivity contribution in [3.8, 4) is 12.3 Å². The number of rotatable bonds is 3. The predicted molar refractivity (Wildman–Crippen MR) is 66.9 cm³/mol. The lowest BCUT2D eigenvalue weighted by molar-refractivity contribution is 0.101. The minimum absolute atomic E-state index is 0.0500. The molecule has 1 rings (SSSR count). The van der Waals surface area contributed by atoms with Gasteiger partial charge in [0.05, 0.1) is 6.04 Å². The fraction of sp³-hybridized carbons (Fsp3) is 0.231. The van der Waals surface area contributed by atoms with Gasteiger partial charge in [0, 0.05) is 11.3 Å². The van der Waals surface area contributed by atoms with Crippen LogP contribution in [0.5, 0.6) is 0 Å². The summed E-state index contributed by atoms with van der Waals surface area (Å²) >= 11 is 0. The number of Topliss-reactive ketones (excluding diaryl/α,β-unsaturated/α-hetero) is 1. The molecule has 0 spiro atoms. The second kappa shape index (κ2) is 5.71. The maximum Gasteiger partial charge on any atom is 0.320 e. The first-order valence-corrected chi connectivity index (χ1v) is 5.17. The molecule has 2 amide bonds. The van der Waals surface area contributed by atoms with Gasteiger partial charge in [0.25, 0.3) is 0 Å². The van der Waals surface area contributed by atoms with Crippen LogP contribution >= 0.6 is 0 Å². The third kappa shape index (κ3) is 3.99. The van der Waals surface area contributed by atoms with Gasteiger partial charge in [-0.2, -0.15) is 0 Å². The van der Waals surface area contributed by atoms with E-state index in [2.05, 4.69) is 16.6 Å². The van der Waals surface area contributed by atoms with E-state index in [1.165, 1.54) is 6.92 Å². The summed E-state index contributed by atoms with van der Waals surface area (Å²) in [5.41, 5.74) is 1.10. The minimum Gasteiger partial charge on any atom is -0.325 e. The maximum absolute atomic E-state index is 11.5. The number of nitrogens with one attached hydrogen (secondary N) is 2. The molecule has 1 aromatic carbocycles. The number of amides is 2. The number of anilines is 1. The Morgan fingerprint density at radius 2 is 2.12 bits per heavy atom. The molecule has 2 N–H and O–H groups in total. The Morgan fingerprint density at radius 3 is 2.71 bits per heavy atom. The van der Waals surface area contributed by atoms with E-state index in [1.807, 2.05) is 0 Å². The topological polar surface area (TPSA) is 58.2 Å². The van der Waals surface area contributed by atoms with Crippen LogP contribution in [0.25, 0.3) is 0 Å². The van der Waals surface area contributed by atoms with E-state index in [4.69, 9.17) is 6.42 Å². The average Bonchev–Trinajstić information content (AvgIpc) is 2.28. The molecule has 0 bridgehead atoms. The first-order chi connectivity index (χ1) is 8.02. The van der Waals surface area contributed by atoms with Gasteiger partial charge in [-0.15, -0.1) is 6.42 Å². The molecule has 4 nitrogen and oxygen atoms in total. The number of urea groups is 1. The number of ketones is 1. The van der Waals surface area contributed by atoms with Crippen molar-refractivity contribution in [1.29, 1.82) is 0 Å². The zero-order valence-electron chi connectivity index (χ0n) is 9.78. The van der Waals surface area contributed by atoms with Crippen LogP contribution in [0.1, 0.15) is 24.2 Å². The highest BCUT2D eigenvalue weighted by Gasteiger charge is 2.06. The Kier molecular flexibility index (Phi) is 4.29. The normalized spacial score (nSPS) is 11.1. The molecule has 17 heavy (non-hydrogen) atoms. The molecule has 88 valence electrons. The number of carbonyl (C=O) groups is 2. The molecule has 0 fully saturated rings. The number of hydrogen-bond donors (Lipinski definition) is 2. The Hall–Kier alpha value is -2.28. The molecule has 0 saturated heterocycles. The Balaban J connectivity index is 2.69. The lowest BCUT2D eigenvalue weighted by Gasteiger charge is -2.10. The second-order valence-electron chi connectivity index (χ2n) is 3.62. The minimum atomic E-state index is -0.392. The van der Waals surface area contributed by atoms with Gasteiger partial charge in [-0.05, 0) is 26.0 Å². The van der Waals surface area contributed by atoms with Crippen molar-refractivity contribution in [1.82, 2.24) is 5.32 Å². The van der Waals surface area contributed by atoms with Crippen LogP contribution in [0, 0.1) is 12.3 Å². The van der Waals surface area contributed by atoms with E-state index >= 15 is 0 Å². The summed E-state index contributed by atoms with van der Waals surface area (Å²) in [6, 6.07) is 5.98. The molecule has 1 aromatic rings. The number of carbonyl (C=O) groups excluding carboxylic acids is 2. The molecule has 4 heteroatoms. The van der Waals surface area contributed by atoms with Gasteiger partial charge in [0.1, 0.15) is 0 Å². The van der Waals surface area contributed by atoms with Crippen molar-refractivity contribution in [2.24, 2.45) is 0 Å². The summed E-state index contributed by atoms with van der Waals surface area (Å²) < 4.78 is 0. The van der Waals surface area contributed by atoms with Crippen molar-refractivity contribution < 1.29 is 9.59 Å². The quantitative estimate of drug-likeness (QED) is 0.616. The Morgan fingerprint density at radius 1 is 1.41 bits per heavy atom. The average molecular weight is 230 g/mol. The van der Waals surface area contributed by atoms with Gasteiger partial charge in [-0.25, -0.2) is 4.79 Å². The van der Waals surface area contributed by atoms with E-state index in [0.717, 1.165) is 0 Å². The molecule has 0 aliphatic heterocycles. The first kappa shape index (κ1) is 12.8. The van der Waals surface area contributed by atoms with Crippen molar-refractivity contribution >= 4 is 17.5 Å². The largest absolute Gasteiger partial charge is 0.325 e. The van der Waals surface area contributed by atoms with E-state index in [9.17, 15) is 9.59 Å². The molecular weight excluding hydrogens is 216 g/mol. The monoisotopic (exact) mass is 230 g/mol. The second-order valence-corrected chi connectivity index (χ2v) is 3.62. The van der Waals surface area contributed by atoms with Crippen LogP contribution in [-0.2, 0) is 0 Å². The van der Waals surface area contributed by atoms with Crippen LogP contribution in [0.2, 0.25) is 0 Å². The molecule has 0 saturated carbocycles. The summed E-state index contributed by atoms with van der Waals surface area (Å²) in [6.07, 6.45) is 5.14. The van der Waals surface area contributed by atoms with Crippen LogP contribution in [0.4, 0.5) is 10.5 Å². The van der Waals surface area contributed by atoms with Gasteiger partial charge in [-0.3, -0.25) is 4.79 Å². The van der Waals surface area contributed by atoms with Crippen LogP contribution in [0.15, 0.2) is 24.3 Å². The highest BCUT2D eigenvalue weighted by molar-refractivity contribution is 5.96. The number of benzene rings is 1. The third-order valence-electron chi connectivity index (χ3n) is 2.12. The fourth-order valence-electron chi connectivity index (χ4n) is 1.22. The summed E-state index contributed by atoms with van der Waals surface area (Å²) in [7, 11) is 0. The lowest BCUT2D eigenvalue weighted by Crippen LogP contribution is -2.35. The van der Waals surface area contributed by atoms with Gasteiger partial charge >= 0.3 is 6.03 Å². The van der Waals surface area contributed by atoms with E-state index in [0.29, 0.717) is 11.3 Å². The van der Waals surface area contributed by atoms with Gasteiger partial charge in [0.2, 0.25) is 0 Å². The molecule has 0 heterocycles. The maximum atomic E-state index is 11.5. The summed E-state index contributed by atoms with van der Waals surface area (Å²) in [5.74, 6) is 2.34. The summed E-state index contributed by atoms with van der Waals surface area (Å²) in [4.78, 5) is 22.6. The van der Waals surface area contributed by atoms with Crippen LogP contribution < -0.4 is 10.6 Å². The molecule has 1 atom stereocenters. The molecule has 0 radical (unpaired) electrons. The van der Waals surface area contributed by atoms with Gasteiger partial charge in [0.15, 0.2) is 5.78 Å². The van der Waals surface area contributed by atoms with Crippen molar-refractivity contribution in [3.05, 3.63) is 29.8 Å². The molecule has 0 aromatic heterocycles. The summed E-state index contributed by atoms with van der Waals surface area (Å²) in [6.45, 7) is 3.17. The van der Waals surface area contributed by atoms with E-state index in [1.54, 1.807) is 31.2 Å². The molecule has 0 aliphatic carbocycles. The fourth-order valence-corrected chi connectivity index (χ4v) is 1.22. The molecular formula is C13H14N2O2. The SMILES string of the molecule is C#CC(C)NC(=O)Nc1cccc(C(C)=O)c1. The zero-order valence-corrected chi connectivity index (χ0v) is 9.78. The Bertz CT molecular complexity index is 475. The third-order valence-corrected chi connectivity index (χ3v) is 2.12. The van der Waals surface area contributed by atoms with Crippen molar-refractivity contribution in [2.45, 2.75) is 19.9 Å². The highest BCUT2D eigenvalue weighted by Crippen LogP contribution is 2.10.